The zero-order chi connectivity index (χ0) is 18.8. The Morgan fingerprint density at radius 3 is 2.12 bits per heavy atom. The fraction of sp³-hybridized carbons (Fsp3) is 0.500. The molecule has 1 aliphatic heterocycles. The normalized spacial score (nSPS) is 17.5. The van der Waals surface area contributed by atoms with Gasteiger partial charge >= 0.3 is 12.4 Å². The van der Waals surface area contributed by atoms with Crippen LogP contribution >= 0.6 is 12.4 Å². The number of hydrogen-bond donors (Lipinski definition) is 1. The summed E-state index contributed by atoms with van der Waals surface area (Å²) in [4.78, 5) is 1.62. The van der Waals surface area contributed by atoms with E-state index in [1.54, 1.807) is 4.90 Å². The van der Waals surface area contributed by atoms with Crippen LogP contribution < -0.4 is 5.32 Å². The Kier molecular flexibility index (Phi) is 7.50. The predicted molar refractivity (Wildman–Crippen MR) is 85.6 cm³/mol. The first-order chi connectivity index (χ1) is 11.6. The minimum atomic E-state index is -5.11. The Labute approximate surface area is 152 Å². The van der Waals surface area contributed by atoms with Crippen LogP contribution in [0.4, 0.5) is 30.7 Å². The van der Waals surface area contributed by atoms with Crippen molar-refractivity contribution in [1.82, 2.24) is 10.2 Å². The molecule has 1 saturated heterocycles. The summed E-state index contributed by atoms with van der Waals surface area (Å²) in [5.74, 6) is -1.51. The first-order valence-corrected chi connectivity index (χ1v) is 7.59. The molecule has 2 nitrogen and oxygen atoms in total. The molecule has 0 amide bonds. The lowest BCUT2D eigenvalue weighted by Crippen LogP contribution is -2.45. The van der Waals surface area contributed by atoms with E-state index in [-0.39, 0.29) is 31.0 Å². The molecule has 0 aromatic heterocycles. The number of hydrogen-bond acceptors (Lipinski definition) is 2. The maximum atomic E-state index is 14.4. The van der Waals surface area contributed by atoms with Crippen LogP contribution in [0.1, 0.15) is 29.2 Å². The number of alkyl halides is 6. The van der Waals surface area contributed by atoms with Gasteiger partial charge in [-0.05, 0) is 18.6 Å². The topological polar surface area (TPSA) is 15.3 Å². The molecule has 1 atom stereocenters. The highest BCUT2D eigenvalue weighted by Crippen LogP contribution is 2.42. The quantitative estimate of drug-likeness (QED) is 0.570. The van der Waals surface area contributed by atoms with E-state index in [4.69, 9.17) is 0 Å². The highest BCUT2D eigenvalue weighted by Gasteiger charge is 2.42. The van der Waals surface area contributed by atoms with Gasteiger partial charge in [-0.25, -0.2) is 4.39 Å². The van der Waals surface area contributed by atoms with Gasteiger partial charge in [0.05, 0.1) is 11.1 Å². The van der Waals surface area contributed by atoms with Crippen LogP contribution in [0.3, 0.4) is 0 Å². The molecule has 0 bridgehead atoms. The summed E-state index contributed by atoms with van der Waals surface area (Å²) in [5, 5.41) is 3.02. The predicted octanol–water partition coefficient (Wildman–Crippen LogP) is 4.81. The second-order valence-electron chi connectivity index (χ2n) is 5.74. The molecule has 0 radical (unpaired) electrons. The minimum Gasteiger partial charge on any atom is -0.314 e. The summed E-state index contributed by atoms with van der Waals surface area (Å²) < 4.78 is 93.0. The number of benzene rings is 1. The second-order valence-corrected chi connectivity index (χ2v) is 5.74. The fourth-order valence-electron chi connectivity index (χ4n) is 2.96. The van der Waals surface area contributed by atoms with Crippen LogP contribution in [0.5, 0.6) is 0 Å². The van der Waals surface area contributed by atoms with Gasteiger partial charge in [0, 0.05) is 37.8 Å². The van der Waals surface area contributed by atoms with Gasteiger partial charge in [0.15, 0.2) is 0 Å². The molecule has 1 aliphatic rings. The average Bonchev–Trinajstić information content (AvgIpc) is 2.51. The second kappa shape index (κ2) is 8.58. The Balaban J connectivity index is 0.00000338. The monoisotopic (exact) mass is 406 g/mol. The third-order valence-corrected chi connectivity index (χ3v) is 4.08. The van der Waals surface area contributed by atoms with E-state index in [0.29, 0.717) is 26.2 Å². The van der Waals surface area contributed by atoms with Gasteiger partial charge in [0.25, 0.3) is 0 Å². The molecule has 2 rings (SSSR count). The highest BCUT2D eigenvalue weighted by atomic mass is 35.5. The fourth-order valence-corrected chi connectivity index (χ4v) is 2.96. The van der Waals surface area contributed by atoms with Crippen molar-refractivity contribution in [2.24, 2.45) is 0 Å². The number of piperazine rings is 1. The Hall–Kier alpha value is -1.32. The molecule has 1 aromatic carbocycles. The van der Waals surface area contributed by atoms with E-state index in [2.05, 4.69) is 11.9 Å². The van der Waals surface area contributed by atoms with E-state index < -0.39 is 40.9 Å². The van der Waals surface area contributed by atoms with E-state index in [9.17, 15) is 30.7 Å². The molecule has 0 aliphatic carbocycles. The summed E-state index contributed by atoms with van der Waals surface area (Å²) in [6.07, 6.45) is -8.84. The van der Waals surface area contributed by atoms with Gasteiger partial charge < -0.3 is 5.32 Å². The number of nitrogens with one attached hydrogen (secondary N) is 1. The zero-order valence-corrected chi connectivity index (χ0v) is 14.4. The molecule has 1 heterocycles. The summed E-state index contributed by atoms with van der Waals surface area (Å²) >= 11 is 0. The van der Waals surface area contributed by atoms with Crippen LogP contribution in [0, 0.1) is 5.82 Å². The minimum absolute atomic E-state index is 0. The van der Waals surface area contributed by atoms with Crippen LogP contribution in [-0.2, 0) is 12.4 Å². The first-order valence-electron chi connectivity index (χ1n) is 7.59. The SMILES string of the molecule is C=CC[C@@H](c1c(F)cc(C(F)(F)F)cc1C(F)(F)F)N1CCNCC1.Cl. The lowest BCUT2D eigenvalue weighted by molar-refractivity contribution is -0.144. The van der Waals surface area contributed by atoms with Crippen molar-refractivity contribution in [2.75, 3.05) is 26.2 Å². The molecule has 0 spiro atoms. The number of halogens is 8. The van der Waals surface area contributed by atoms with Gasteiger partial charge in [-0.15, -0.1) is 19.0 Å². The van der Waals surface area contributed by atoms with Gasteiger partial charge in [-0.2, -0.15) is 26.3 Å². The van der Waals surface area contributed by atoms with Gasteiger partial charge in [0.1, 0.15) is 5.82 Å². The summed E-state index contributed by atoms with van der Waals surface area (Å²) in [5.41, 5.74) is -4.01. The average molecular weight is 407 g/mol. The lowest BCUT2D eigenvalue weighted by Gasteiger charge is -2.36. The molecule has 1 N–H and O–H groups in total. The van der Waals surface area contributed by atoms with Crippen LogP contribution in [-0.4, -0.2) is 31.1 Å². The van der Waals surface area contributed by atoms with Crippen molar-refractivity contribution in [3.05, 3.63) is 47.3 Å². The molecule has 148 valence electrons. The van der Waals surface area contributed by atoms with E-state index in [1.165, 1.54) is 6.08 Å². The van der Waals surface area contributed by atoms with Crippen molar-refractivity contribution in [2.45, 2.75) is 24.8 Å². The Morgan fingerprint density at radius 2 is 1.65 bits per heavy atom. The van der Waals surface area contributed by atoms with Crippen molar-refractivity contribution in [1.29, 1.82) is 0 Å². The maximum Gasteiger partial charge on any atom is 0.416 e. The van der Waals surface area contributed by atoms with Crippen LogP contribution in [0.15, 0.2) is 24.8 Å². The van der Waals surface area contributed by atoms with E-state index in [0.717, 1.165) is 0 Å². The molecule has 10 heteroatoms. The van der Waals surface area contributed by atoms with E-state index >= 15 is 0 Å². The van der Waals surface area contributed by atoms with Crippen molar-refractivity contribution in [3.8, 4) is 0 Å². The van der Waals surface area contributed by atoms with Crippen molar-refractivity contribution >= 4 is 12.4 Å². The molecule has 1 aromatic rings. The Bertz CT molecular complexity index is 622. The third-order valence-electron chi connectivity index (χ3n) is 4.08. The number of nitrogens with zero attached hydrogens (tertiary/aromatic N) is 1. The Morgan fingerprint density at radius 1 is 1.08 bits per heavy atom. The zero-order valence-electron chi connectivity index (χ0n) is 13.6. The largest absolute Gasteiger partial charge is 0.416 e. The van der Waals surface area contributed by atoms with Crippen molar-refractivity contribution in [3.63, 3.8) is 0 Å². The first kappa shape index (κ1) is 22.7. The molecule has 1 fully saturated rings. The van der Waals surface area contributed by atoms with Gasteiger partial charge in [-0.3, -0.25) is 4.90 Å². The maximum absolute atomic E-state index is 14.4. The standard InChI is InChI=1S/C16H17F7N2.ClH/c1-2-3-13(25-6-4-24-5-7-25)14-11(16(21,22)23)8-10(9-12(14)17)15(18,19)20;/h2,8-9,13,24H,1,3-7H2;1H/t13-;/m0./s1. The van der Waals surface area contributed by atoms with E-state index in [1.807, 2.05) is 0 Å². The highest BCUT2D eigenvalue weighted by molar-refractivity contribution is 5.85. The summed E-state index contributed by atoms with van der Waals surface area (Å²) in [6.45, 7) is 5.18. The van der Waals surface area contributed by atoms with Gasteiger partial charge in [-0.1, -0.05) is 6.08 Å². The van der Waals surface area contributed by atoms with Crippen molar-refractivity contribution < 1.29 is 30.7 Å². The van der Waals surface area contributed by atoms with Crippen LogP contribution in [0.25, 0.3) is 0 Å². The molecular formula is C16H18ClF7N2. The van der Waals surface area contributed by atoms with Crippen LogP contribution in [0.2, 0.25) is 0 Å². The molecule has 0 saturated carbocycles. The third kappa shape index (κ3) is 5.11. The lowest BCUT2D eigenvalue weighted by atomic mass is 9.93. The van der Waals surface area contributed by atoms with Gasteiger partial charge in [0.2, 0.25) is 0 Å². The molecule has 0 unspecified atom stereocenters. The summed E-state index contributed by atoms with van der Waals surface area (Å²) in [7, 11) is 0. The molecule has 26 heavy (non-hydrogen) atoms. The number of rotatable bonds is 4. The smallest absolute Gasteiger partial charge is 0.314 e. The summed E-state index contributed by atoms with van der Waals surface area (Å²) in [6, 6.07) is -0.918. The molecular weight excluding hydrogens is 389 g/mol.